The number of nitrogens with one attached hydrogen (secondary N) is 1. The third-order valence-corrected chi connectivity index (χ3v) is 6.28. The van der Waals surface area contributed by atoms with Gasteiger partial charge in [0.1, 0.15) is 0 Å². The Kier molecular flexibility index (Phi) is 5.40. The third-order valence-electron chi connectivity index (χ3n) is 5.14. The minimum absolute atomic E-state index is 0.541. The van der Waals surface area contributed by atoms with Gasteiger partial charge in [-0.25, -0.2) is 0 Å². The lowest BCUT2D eigenvalue weighted by atomic mass is 9.76. The summed E-state index contributed by atoms with van der Waals surface area (Å²) in [5.41, 5.74) is 0.541. The summed E-state index contributed by atoms with van der Waals surface area (Å²) in [6, 6.07) is 0. The van der Waals surface area contributed by atoms with E-state index < -0.39 is 0 Å². The molecule has 2 aliphatic rings. The van der Waals surface area contributed by atoms with Crippen molar-refractivity contribution in [3.8, 4) is 0 Å². The normalized spacial score (nSPS) is 35.0. The molecule has 2 atom stereocenters. The van der Waals surface area contributed by atoms with Gasteiger partial charge in [-0.1, -0.05) is 13.8 Å². The lowest BCUT2D eigenvalue weighted by molar-refractivity contribution is 0.120. The summed E-state index contributed by atoms with van der Waals surface area (Å²) in [7, 11) is 0. The molecule has 0 bridgehead atoms. The van der Waals surface area contributed by atoms with Crippen LogP contribution < -0.4 is 5.32 Å². The number of hydrogen-bond donors (Lipinski definition) is 1. The van der Waals surface area contributed by atoms with Gasteiger partial charge in [-0.05, 0) is 62.9 Å². The highest BCUT2D eigenvalue weighted by Crippen LogP contribution is 2.35. The van der Waals surface area contributed by atoms with Crippen LogP contribution in [0.2, 0.25) is 0 Å². The first-order valence-corrected chi connectivity index (χ1v) is 8.91. The zero-order valence-electron chi connectivity index (χ0n) is 12.4. The zero-order chi connectivity index (χ0) is 13.0. The van der Waals surface area contributed by atoms with Crippen LogP contribution in [0.3, 0.4) is 0 Å². The maximum absolute atomic E-state index is 3.59. The van der Waals surface area contributed by atoms with Crippen molar-refractivity contribution in [2.45, 2.75) is 44.8 Å². The molecular formula is C15H30N2S. The molecule has 2 unspecified atom stereocenters. The summed E-state index contributed by atoms with van der Waals surface area (Å²) in [5.74, 6) is 0.798. The fourth-order valence-electron chi connectivity index (χ4n) is 3.54. The summed E-state index contributed by atoms with van der Waals surface area (Å²) in [6.45, 7) is 11.2. The number of rotatable bonds is 4. The molecule has 0 radical (unpaired) electrons. The first-order valence-electron chi connectivity index (χ1n) is 7.62. The van der Waals surface area contributed by atoms with Crippen LogP contribution in [0, 0.1) is 11.3 Å². The molecule has 2 saturated heterocycles. The molecule has 2 heterocycles. The monoisotopic (exact) mass is 270 g/mol. The van der Waals surface area contributed by atoms with Crippen LogP contribution in [0.25, 0.3) is 0 Å². The lowest BCUT2D eigenvalue weighted by Gasteiger charge is -2.37. The maximum Gasteiger partial charge on any atom is 0.00569 e. The molecule has 2 fully saturated rings. The Morgan fingerprint density at radius 2 is 2.17 bits per heavy atom. The number of nitrogens with zero attached hydrogens (tertiary/aromatic N) is 1. The van der Waals surface area contributed by atoms with Crippen molar-refractivity contribution in [1.82, 2.24) is 10.2 Å². The highest BCUT2D eigenvalue weighted by atomic mass is 32.2. The van der Waals surface area contributed by atoms with Crippen LogP contribution in [-0.4, -0.2) is 49.1 Å². The average Bonchev–Trinajstić information content (AvgIpc) is 2.71. The van der Waals surface area contributed by atoms with Gasteiger partial charge >= 0.3 is 0 Å². The van der Waals surface area contributed by atoms with Crippen LogP contribution in [-0.2, 0) is 0 Å². The summed E-state index contributed by atoms with van der Waals surface area (Å²) in [5, 5.41) is 4.50. The topological polar surface area (TPSA) is 15.3 Å². The molecule has 0 aromatic carbocycles. The smallest absolute Gasteiger partial charge is 0.00569 e. The van der Waals surface area contributed by atoms with E-state index in [1.54, 1.807) is 0 Å². The van der Waals surface area contributed by atoms with E-state index in [0.717, 1.165) is 11.2 Å². The first-order chi connectivity index (χ1) is 8.66. The van der Waals surface area contributed by atoms with Crippen molar-refractivity contribution >= 4 is 11.8 Å². The van der Waals surface area contributed by atoms with Crippen molar-refractivity contribution in [2.75, 3.05) is 39.0 Å². The Morgan fingerprint density at radius 3 is 2.78 bits per heavy atom. The molecular weight excluding hydrogens is 240 g/mol. The second-order valence-corrected chi connectivity index (χ2v) is 7.65. The highest BCUT2D eigenvalue weighted by molar-refractivity contribution is 7.99. The summed E-state index contributed by atoms with van der Waals surface area (Å²) < 4.78 is 0. The minimum Gasteiger partial charge on any atom is -0.316 e. The standard InChI is InChI=1S/C15H30N2S/c1-13(2)15(7-8-16-11-15)12-17-9-4-5-14(18-3)6-10-17/h13-14,16H,4-12H2,1-3H3. The predicted octanol–water partition coefficient (Wildman–Crippen LogP) is 2.84. The molecule has 18 heavy (non-hydrogen) atoms. The van der Waals surface area contributed by atoms with Gasteiger partial charge in [0.05, 0.1) is 0 Å². The van der Waals surface area contributed by atoms with Crippen molar-refractivity contribution in [1.29, 1.82) is 0 Å². The quantitative estimate of drug-likeness (QED) is 0.846. The van der Waals surface area contributed by atoms with Gasteiger partial charge in [-0.2, -0.15) is 11.8 Å². The molecule has 0 aromatic heterocycles. The summed E-state index contributed by atoms with van der Waals surface area (Å²) >= 11 is 2.07. The van der Waals surface area contributed by atoms with E-state index in [2.05, 4.69) is 42.1 Å². The van der Waals surface area contributed by atoms with Crippen LogP contribution in [0.4, 0.5) is 0 Å². The predicted molar refractivity (Wildman–Crippen MR) is 82.4 cm³/mol. The average molecular weight is 270 g/mol. The molecule has 3 heteroatoms. The van der Waals surface area contributed by atoms with E-state index in [4.69, 9.17) is 0 Å². The van der Waals surface area contributed by atoms with Crippen molar-refractivity contribution in [3.05, 3.63) is 0 Å². The molecule has 2 nitrogen and oxygen atoms in total. The van der Waals surface area contributed by atoms with E-state index >= 15 is 0 Å². The number of hydrogen-bond acceptors (Lipinski definition) is 3. The van der Waals surface area contributed by atoms with Crippen molar-refractivity contribution < 1.29 is 0 Å². The van der Waals surface area contributed by atoms with E-state index in [9.17, 15) is 0 Å². The maximum atomic E-state index is 3.59. The van der Waals surface area contributed by atoms with E-state index in [0.29, 0.717) is 5.41 Å². The molecule has 2 rings (SSSR count). The molecule has 0 aliphatic carbocycles. The second-order valence-electron chi connectivity index (χ2n) is 6.51. The molecule has 0 aromatic rings. The zero-order valence-corrected chi connectivity index (χ0v) is 13.2. The minimum atomic E-state index is 0.541. The Morgan fingerprint density at radius 1 is 1.33 bits per heavy atom. The van der Waals surface area contributed by atoms with Gasteiger partial charge in [0.25, 0.3) is 0 Å². The fourth-order valence-corrected chi connectivity index (χ4v) is 4.28. The summed E-state index contributed by atoms with van der Waals surface area (Å²) in [6.07, 6.45) is 7.85. The molecule has 1 N–H and O–H groups in total. The Hall–Kier alpha value is 0.270. The largest absolute Gasteiger partial charge is 0.316 e. The number of likely N-dealkylation sites (tertiary alicyclic amines) is 1. The van der Waals surface area contributed by atoms with Gasteiger partial charge in [0, 0.05) is 18.3 Å². The Balaban J connectivity index is 1.91. The van der Waals surface area contributed by atoms with E-state index in [1.165, 1.54) is 58.4 Å². The lowest BCUT2D eigenvalue weighted by Crippen LogP contribution is -2.43. The van der Waals surface area contributed by atoms with Crippen molar-refractivity contribution in [3.63, 3.8) is 0 Å². The van der Waals surface area contributed by atoms with Gasteiger partial charge < -0.3 is 10.2 Å². The van der Waals surface area contributed by atoms with E-state index in [1.807, 2.05) is 0 Å². The Labute approximate surface area is 117 Å². The number of thioether (sulfide) groups is 1. The molecule has 106 valence electrons. The SMILES string of the molecule is CSC1CCCN(CC2(C(C)C)CCNC2)CC1. The van der Waals surface area contributed by atoms with Crippen molar-refractivity contribution in [2.24, 2.45) is 11.3 Å². The van der Waals surface area contributed by atoms with E-state index in [-0.39, 0.29) is 0 Å². The van der Waals surface area contributed by atoms with Crippen LogP contribution in [0.5, 0.6) is 0 Å². The van der Waals surface area contributed by atoms with Crippen LogP contribution in [0.15, 0.2) is 0 Å². The van der Waals surface area contributed by atoms with Gasteiger partial charge in [-0.15, -0.1) is 0 Å². The summed E-state index contributed by atoms with van der Waals surface area (Å²) in [4.78, 5) is 2.75. The Bertz CT molecular complexity index is 249. The first kappa shape index (κ1) is 14.7. The molecule has 0 saturated carbocycles. The molecule has 0 spiro atoms. The van der Waals surface area contributed by atoms with Crippen LogP contribution in [0.1, 0.15) is 39.5 Å². The molecule has 2 aliphatic heterocycles. The highest BCUT2D eigenvalue weighted by Gasteiger charge is 2.38. The second kappa shape index (κ2) is 6.62. The fraction of sp³-hybridized carbons (Fsp3) is 1.00. The van der Waals surface area contributed by atoms with Gasteiger partial charge in [0.15, 0.2) is 0 Å². The van der Waals surface area contributed by atoms with Gasteiger partial charge in [0.2, 0.25) is 0 Å². The third kappa shape index (κ3) is 3.43. The van der Waals surface area contributed by atoms with Crippen LogP contribution >= 0.6 is 11.8 Å². The molecule has 0 amide bonds. The van der Waals surface area contributed by atoms with Gasteiger partial charge in [-0.3, -0.25) is 0 Å².